The minimum Gasteiger partial charge on any atom is -0.480 e. The SMILES string of the molecule is Cn1nnc(Br)c1S(=O)(=O)N1CCNCC1C(=O)O. The molecule has 1 saturated heterocycles. The lowest BCUT2D eigenvalue weighted by Crippen LogP contribution is -2.57. The standard InChI is InChI=1S/C8H12BrN5O4S/c1-13-7(6(9)11-12-13)19(17,18)14-3-2-10-4-5(14)8(15)16/h5,10H,2-4H2,1H3,(H,15,16). The van der Waals surface area contributed by atoms with Gasteiger partial charge < -0.3 is 10.4 Å². The number of halogens is 1. The predicted octanol–water partition coefficient (Wildman–Crippen LogP) is -1.38. The number of nitrogens with one attached hydrogen (secondary N) is 1. The maximum atomic E-state index is 12.5. The highest BCUT2D eigenvalue weighted by Crippen LogP contribution is 2.24. The molecule has 1 unspecified atom stereocenters. The summed E-state index contributed by atoms with van der Waals surface area (Å²) < 4.78 is 27.1. The van der Waals surface area contributed by atoms with Crippen molar-refractivity contribution in [1.82, 2.24) is 24.6 Å². The van der Waals surface area contributed by atoms with Crippen LogP contribution in [0.2, 0.25) is 0 Å². The third kappa shape index (κ3) is 2.50. The molecule has 0 spiro atoms. The first kappa shape index (κ1) is 14.4. The van der Waals surface area contributed by atoms with Gasteiger partial charge >= 0.3 is 5.97 Å². The van der Waals surface area contributed by atoms with E-state index in [1.165, 1.54) is 7.05 Å². The Morgan fingerprint density at radius 3 is 2.79 bits per heavy atom. The topological polar surface area (TPSA) is 117 Å². The normalized spacial score (nSPS) is 21.5. The molecule has 0 radical (unpaired) electrons. The van der Waals surface area contributed by atoms with Gasteiger partial charge in [-0.05, 0) is 15.9 Å². The smallest absolute Gasteiger partial charge is 0.323 e. The summed E-state index contributed by atoms with van der Waals surface area (Å²) in [6, 6.07) is -1.14. The summed E-state index contributed by atoms with van der Waals surface area (Å²) in [4.78, 5) is 11.2. The van der Waals surface area contributed by atoms with Gasteiger partial charge in [-0.15, -0.1) is 5.10 Å². The highest BCUT2D eigenvalue weighted by atomic mass is 79.9. The minimum atomic E-state index is -3.97. The van der Waals surface area contributed by atoms with Crippen molar-refractivity contribution in [3.8, 4) is 0 Å². The number of piperazine rings is 1. The number of hydrogen-bond acceptors (Lipinski definition) is 6. The molecular weight excluding hydrogens is 342 g/mol. The van der Waals surface area contributed by atoms with Crippen molar-refractivity contribution in [1.29, 1.82) is 0 Å². The van der Waals surface area contributed by atoms with E-state index in [1.54, 1.807) is 0 Å². The van der Waals surface area contributed by atoms with Crippen LogP contribution in [0.1, 0.15) is 0 Å². The van der Waals surface area contributed by atoms with Gasteiger partial charge in [-0.2, -0.15) is 4.31 Å². The van der Waals surface area contributed by atoms with Crippen LogP contribution in [0.15, 0.2) is 9.63 Å². The highest BCUT2D eigenvalue weighted by Gasteiger charge is 2.40. The number of nitrogens with zero attached hydrogens (tertiary/aromatic N) is 4. The predicted molar refractivity (Wildman–Crippen MR) is 66.9 cm³/mol. The molecule has 0 bridgehead atoms. The molecule has 0 amide bonds. The zero-order valence-electron chi connectivity index (χ0n) is 9.95. The zero-order chi connectivity index (χ0) is 14.2. The molecule has 1 aliphatic heterocycles. The van der Waals surface area contributed by atoms with Crippen LogP contribution in [0.25, 0.3) is 0 Å². The Bertz CT molecular complexity index is 581. The van der Waals surface area contributed by atoms with Crippen molar-refractivity contribution in [2.24, 2.45) is 7.05 Å². The van der Waals surface area contributed by atoms with Gasteiger partial charge in [0.2, 0.25) is 5.03 Å². The van der Waals surface area contributed by atoms with Crippen molar-refractivity contribution in [3.05, 3.63) is 4.60 Å². The van der Waals surface area contributed by atoms with Crippen LogP contribution in [0.4, 0.5) is 0 Å². The van der Waals surface area contributed by atoms with Gasteiger partial charge in [-0.3, -0.25) is 4.79 Å². The molecule has 11 heteroatoms. The maximum Gasteiger partial charge on any atom is 0.323 e. The largest absolute Gasteiger partial charge is 0.480 e. The first-order valence-corrected chi connectivity index (χ1v) is 7.59. The van der Waals surface area contributed by atoms with Crippen LogP contribution in [0.5, 0.6) is 0 Å². The Hall–Kier alpha value is -1.04. The Morgan fingerprint density at radius 2 is 2.26 bits per heavy atom. The fourth-order valence-corrected chi connectivity index (χ4v) is 4.51. The first-order valence-electron chi connectivity index (χ1n) is 5.36. The molecule has 106 valence electrons. The third-order valence-corrected chi connectivity index (χ3v) is 5.57. The monoisotopic (exact) mass is 353 g/mol. The summed E-state index contributed by atoms with van der Waals surface area (Å²) in [5, 5.41) is 19.0. The van der Waals surface area contributed by atoms with Gasteiger partial charge in [0.05, 0.1) is 0 Å². The third-order valence-electron chi connectivity index (χ3n) is 2.77. The Balaban J connectivity index is 2.46. The van der Waals surface area contributed by atoms with Crippen LogP contribution in [0, 0.1) is 0 Å². The second-order valence-electron chi connectivity index (χ2n) is 3.98. The molecule has 2 N–H and O–H groups in total. The number of rotatable bonds is 3. The molecule has 1 aromatic heterocycles. The molecule has 2 heterocycles. The van der Waals surface area contributed by atoms with Crippen molar-refractivity contribution in [2.75, 3.05) is 19.6 Å². The fraction of sp³-hybridized carbons (Fsp3) is 0.625. The van der Waals surface area contributed by atoms with E-state index in [4.69, 9.17) is 5.11 Å². The van der Waals surface area contributed by atoms with Crippen LogP contribution in [-0.4, -0.2) is 64.5 Å². The van der Waals surface area contributed by atoms with Gasteiger partial charge in [0.1, 0.15) is 6.04 Å². The molecule has 2 rings (SSSR count). The number of aryl methyl sites for hydroxylation is 1. The fourth-order valence-electron chi connectivity index (χ4n) is 1.89. The van der Waals surface area contributed by atoms with Crippen LogP contribution in [-0.2, 0) is 21.9 Å². The summed E-state index contributed by atoms with van der Waals surface area (Å²) in [7, 11) is -2.54. The van der Waals surface area contributed by atoms with Gasteiger partial charge in [-0.25, -0.2) is 13.1 Å². The molecule has 0 aliphatic carbocycles. The van der Waals surface area contributed by atoms with Crippen molar-refractivity contribution in [3.63, 3.8) is 0 Å². The lowest BCUT2D eigenvalue weighted by molar-refractivity contribution is -0.141. The average molecular weight is 354 g/mol. The van der Waals surface area contributed by atoms with E-state index in [-0.39, 0.29) is 22.7 Å². The lowest BCUT2D eigenvalue weighted by Gasteiger charge is -2.32. The summed E-state index contributed by atoms with van der Waals surface area (Å²) >= 11 is 3.01. The summed E-state index contributed by atoms with van der Waals surface area (Å²) in [5.74, 6) is -1.19. The molecular formula is C8H12BrN5O4S. The van der Waals surface area contributed by atoms with E-state index in [1.807, 2.05) is 0 Å². The molecule has 19 heavy (non-hydrogen) atoms. The maximum absolute atomic E-state index is 12.5. The van der Waals surface area contributed by atoms with E-state index in [2.05, 4.69) is 31.6 Å². The van der Waals surface area contributed by atoms with Gasteiger partial charge in [0, 0.05) is 26.7 Å². The van der Waals surface area contributed by atoms with Crippen molar-refractivity contribution >= 4 is 31.9 Å². The Morgan fingerprint density at radius 1 is 1.58 bits per heavy atom. The number of carbonyl (C=O) groups is 1. The number of sulfonamides is 1. The first-order chi connectivity index (χ1) is 8.85. The number of carboxylic acids is 1. The number of hydrogen-bond donors (Lipinski definition) is 2. The molecule has 0 saturated carbocycles. The second-order valence-corrected chi connectivity index (χ2v) is 6.54. The number of aliphatic carboxylic acids is 1. The Kier molecular flexibility index (Phi) is 3.90. The van der Waals surface area contributed by atoms with Gasteiger partial charge in [0.25, 0.3) is 10.0 Å². The van der Waals surface area contributed by atoms with E-state index < -0.39 is 22.0 Å². The zero-order valence-corrected chi connectivity index (χ0v) is 12.3. The van der Waals surface area contributed by atoms with Crippen LogP contribution >= 0.6 is 15.9 Å². The molecule has 0 aromatic carbocycles. The van der Waals surface area contributed by atoms with Crippen LogP contribution in [0.3, 0.4) is 0 Å². The second kappa shape index (κ2) is 5.15. The number of carboxylic acid groups (broad SMARTS) is 1. The molecule has 9 nitrogen and oxygen atoms in total. The summed E-state index contributed by atoms with van der Waals surface area (Å²) in [6.45, 7) is 0.542. The quantitative estimate of drug-likeness (QED) is 0.687. The van der Waals surface area contributed by atoms with E-state index in [0.29, 0.717) is 6.54 Å². The summed E-state index contributed by atoms with van der Waals surface area (Å²) in [5.41, 5.74) is 0. The average Bonchev–Trinajstić information content (AvgIpc) is 2.69. The molecule has 1 aromatic rings. The highest BCUT2D eigenvalue weighted by molar-refractivity contribution is 9.10. The molecule has 1 aliphatic rings. The van der Waals surface area contributed by atoms with E-state index >= 15 is 0 Å². The molecule has 1 atom stereocenters. The van der Waals surface area contributed by atoms with Crippen LogP contribution < -0.4 is 5.32 Å². The van der Waals surface area contributed by atoms with E-state index in [9.17, 15) is 13.2 Å². The molecule has 1 fully saturated rings. The van der Waals surface area contributed by atoms with Gasteiger partial charge in [0.15, 0.2) is 4.60 Å². The van der Waals surface area contributed by atoms with Crippen molar-refractivity contribution < 1.29 is 18.3 Å². The minimum absolute atomic E-state index is 0.0669. The van der Waals surface area contributed by atoms with E-state index in [0.717, 1.165) is 8.99 Å². The lowest BCUT2D eigenvalue weighted by atomic mass is 10.2. The number of aromatic nitrogens is 3. The summed E-state index contributed by atoms with van der Waals surface area (Å²) in [6.07, 6.45) is 0. The van der Waals surface area contributed by atoms with Gasteiger partial charge in [-0.1, -0.05) is 5.21 Å². The Labute approximate surface area is 117 Å². The van der Waals surface area contributed by atoms with Crippen molar-refractivity contribution in [2.45, 2.75) is 11.1 Å².